The highest BCUT2D eigenvalue weighted by molar-refractivity contribution is 9.10. The number of hydrogen-bond donors (Lipinski definition) is 1. The molecule has 2 aromatic rings. The molecule has 0 saturated heterocycles. The SMILES string of the molecule is Cc1cc(C(=O)NCCOCC2CC2)c2ccc(Br)cc2n1. The lowest BCUT2D eigenvalue weighted by Crippen LogP contribution is -2.27. The maximum absolute atomic E-state index is 12.4. The van der Waals surface area contributed by atoms with Crippen molar-refractivity contribution in [1.82, 2.24) is 10.3 Å². The van der Waals surface area contributed by atoms with Gasteiger partial charge in [-0.25, -0.2) is 0 Å². The van der Waals surface area contributed by atoms with Gasteiger partial charge >= 0.3 is 0 Å². The first-order valence-electron chi connectivity index (χ1n) is 7.56. The standard InChI is InChI=1S/C17H19BrN2O2/c1-11-8-15(14-5-4-13(18)9-16(14)20-11)17(21)19-6-7-22-10-12-2-3-12/h4-5,8-9,12H,2-3,6-7,10H2,1H3,(H,19,21). The summed E-state index contributed by atoms with van der Waals surface area (Å²) in [6.45, 7) is 3.82. The average Bonchev–Trinajstić information content (AvgIpc) is 3.29. The number of halogens is 1. The topological polar surface area (TPSA) is 51.2 Å². The highest BCUT2D eigenvalue weighted by Gasteiger charge is 2.21. The van der Waals surface area contributed by atoms with Crippen molar-refractivity contribution >= 4 is 32.7 Å². The van der Waals surface area contributed by atoms with Crippen molar-refractivity contribution in [3.05, 3.63) is 40.0 Å². The fourth-order valence-corrected chi connectivity index (χ4v) is 2.74. The van der Waals surface area contributed by atoms with Gasteiger partial charge in [0.15, 0.2) is 0 Å². The van der Waals surface area contributed by atoms with Gasteiger partial charge in [0.1, 0.15) is 0 Å². The number of benzene rings is 1. The minimum Gasteiger partial charge on any atom is -0.379 e. The summed E-state index contributed by atoms with van der Waals surface area (Å²) in [5, 5.41) is 3.79. The van der Waals surface area contributed by atoms with Crippen LogP contribution in [0.3, 0.4) is 0 Å². The predicted molar refractivity (Wildman–Crippen MR) is 90.1 cm³/mol. The fraction of sp³-hybridized carbons (Fsp3) is 0.412. The lowest BCUT2D eigenvalue weighted by molar-refractivity contribution is 0.0908. The van der Waals surface area contributed by atoms with Crippen LogP contribution in [0.15, 0.2) is 28.7 Å². The van der Waals surface area contributed by atoms with E-state index in [1.807, 2.05) is 31.2 Å². The number of carbonyl (C=O) groups excluding carboxylic acids is 1. The lowest BCUT2D eigenvalue weighted by Gasteiger charge is -2.09. The summed E-state index contributed by atoms with van der Waals surface area (Å²) in [7, 11) is 0. The van der Waals surface area contributed by atoms with Gasteiger partial charge in [-0.3, -0.25) is 9.78 Å². The van der Waals surface area contributed by atoms with Crippen LogP contribution in [0.4, 0.5) is 0 Å². The van der Waals surface area contributed by atoms with E-state index >= 15 is 0 Å². The quantitative estimate of drug-likeness (QED) is 0.800. The van der Waals surface area contributed by atoms with Crippen LogP contribution >= 0.6 is 15.9 Å². The zero-order valence-corrected chi connectivity index (χ0v) is 14.1. The molecule has 5 heteroatoms. The first-order chi connectivity index (χ1) is 10.6. The molecule has 116 valence electrons. The fourth-order valence-electron chi connectivity index (χ4n) is 2.39. The molecule has 0 unspecified atom stereocenters. The Hall–Kier alpha value is -1.46. The molecular formula is C17H19BrN2O2. The van der Waals surface area contributed by atoms with Gasteiger partial charge in [-0.2, -0.15) is 0 Å². The number of amides is 1. The normalized spacial score (nSPS) is 14.3. The third-order valence-corrected chi connectivity index (χ3v) is 4.22. The molecule has 0 atom stereocenters. The van der Waals surface area contributed by atoms with E-state index in [4.69, 9.17) is 4.74 Å². The van der Waals surface area contributed by atoms with Gasteiger partial charge in [0.25, 0.3) is 5.91 Å². The zero-order chi connectivity index (χ0) is 15.5. The van der Waals surface area contributed by atoms with Crippen molar-refractivity contribution in [2.24, 2.45) is 5.92 Å². The summed E-state index contributed by atoms with van der Waals surface area (Å²) in [6, 6.07) is 7.60. The molecule has 1 fully saturated rings. The van der Waals surface area contributed by atoms with Crippen LogP contribution in [0.25, 0.3) is 10.9 Å². The molecule has 1 N–H and O–H groups in total. The van der Waals surface area contributed by atoms with Gasteiger partial charge in [0.05, 0.1) is 17.7 Å². The number of aryl methyl sites for hydroxylation is 1. The molecule has 1 aromatic carbocycles. The molecule has 0 aliphatic heterocycles. The van der Waals surface area contributed by atoms with E-state index in [1.54, 1.807) is 0 Å². The Morgan fingerprint density at radius 1 is 1.41 bits per heavy atom. The van der Waals surface area contributed by atoms with E-state index in [-0.39, 0.29) is 5.91 Å². The summed E-state index contributed by atoms with van der Waals surface area (Å²) < 4.78 is 6.49. The van der Waals surface area contributed by atoms with E-state index in [0.29, 0.717) is 18.7 Å². The Morgan fingerprint density at radius 2 is 2.23 bits per heavy atom. The molecule has 1 amide bonds. The van der Waals surface area contributed by atoms with Crippen molar-refractivity contribution < 1.29 is 9.53 Å². The smallest absolute Gasteiger partial charge is 0.252 e. The highest BCUT2D eigenvalue weighted by atomic mass is 79.9. The third-order valence-electron chi connectivity index (χ3n) is 3.73. The lowest BCUT2D eigenvalue weighted by atomic mass is 10.1. The van der Waals surface area contributed by atoms with Crippen LogP contribution in [0.1, 0.15) is 28.9 Å². The minimum absolute atomic E-state index is 0.0761. The van der Waals surface area contributed by atoms with Gasteiger partial charge in [0, 0.05) is 28.7 Å². The molecule has 0 radical (unpaired) electrons. The minimum atomic E-state index is -0.0761. The highest BCUT2D eigenvalue weighted by Crippen LogP contribution is 2.28. The van der Waals surface area contributed by atoms with Crippen LogP contribution in [0.2, 0.25) is 0 Å². The number of ether oxygens (including phenoxy) is 1. The van der Waals surface area contributed by atoms with E-state index < -0.39 is 0 Å². The molecule has 1 saturated carbocycles. The second-order valence-corrected chi connectivity index (χ2v) is 6.66. The van der Waals surface area contributed by atoms with Gasteiger partial charge in [-0.1, -0.05) is 22.0 Å². The molecule has 0 spiro atoms. The summed E-state index contributed by atoms with van der Waals surface area (Å²) in [4.78, 5) is 16.9. The molecule has 1 aliphatic carbocycles. The number of nitrogens with zero attached hydrogens (tertiary/aromatic N) is 1. The molecule has 0 bridgehead atoms. The second-order valence-electron chi connectivity index (χ2n) is 5.75. The van der Waals surface area contributed by atoms with Crippen LogP contribution in [0, 0.1) is 12.8 Å². The first kappa shape index (κ1) is 15.4. The van der Waals surface area contributed by atoms with Gasteiger partial charge in [-0.05, 0) is 43.9 Å². The van der Waals surface area contributed by atoms with E-state index in [0.717, 1.165) is 33.6 Å². The van der Waals surface area contributed by atoms with Gasteiger partial charge in [0.2, 0.25) is 0 Å². The van der Waals surface area contributed by atoms with Crippen molar-refractivity contribution in [2.45, 2.75) is 19.8 Å². The average molecular weight is 363 g/mol. The monoisotopic (exact) mass is 362 g/mol. The van der Waals surface area contributed by atoms with Crippen LogP contribution in [-0.4, -0.2) is 30.6 Å². The summed E-state index contributed by atoms with van der Waals surface area (Å²) in [5.74, 6) is 0.675. The summed E-state index contributed by atoms with van der Waals surface area (Å²) >= 11 is 3.44. The number of aromatic nitrogens is 1. The van der Waals surface area contributed by atoms with Crippen LogP contribution in [-0.2, 0) is 4.74 Å². The molecule has 1 aromatic heterocycles. The largest absolute Gasteiger partial charge is 0.379 e. The van der Waals surface area contributed by atoms with Crippen LogP contribution < -0.4 is 5.32 Å². The number of hydrogen-bond acceptors (Lipinski definition) is 3. The molecule has 1 aliphatic rings. The van der Waals surface area contributed by atoms with Crippen molar-refractivity contribution in [2.75, 3.05) is 19.8 Å². The third kappa shape index (κ3) is 3.84. The number of fused-ring (bicyclic) bond motifs is 1. The summed E-state index contributed by atoms with van der Waals surface area (Å²) in [6.07, 6.45) is 2.56. The molecule has 3 rings (SSSR count). The molecule has 1 heterocycles. The second kappa shape index (κ2) is 6.75. The van der Waals surface area contributed by atoms with E-state index in [2.05, 4.69) is 26.2 Å². The predicted octanol–water partition coefficient (Wildman–Crippen LogP) is 3.46. The maximum Gasteiger partial charge on any atom is 0.252 e. The van der Waals surface area contributed by atoms with Crippen molar-refractivity contribution in [3.8, 4) is 0 Å². The van der Waals surface area contributed by atoms with E-state index in [1.165, 1.54) is 12.8 Å². The van der Waals surface area contributed by atoms with Crippen molar-refractivity contribution in [3.63, 3.8) is 0 Å². The Kier molecular flexibility index (Phi) is 4.74. The zero-order valence-electron chi connectivity index (χ0n) is 12.6. The Labute approximate surface area is 138 Å². The van der Waals surface area contributed by atoms with E-state index in [9.17, 15) is 4.79 Å². The number of rotatable bonds is 6. The van der Waals surface area contributed by atoms with Crippen LogP contribution in [0.5, 0.6) is 0 Å². The first-order valence-corrected chi connectivity index (χ1v) is 8.35. The Morgan fingerprint density at radius 3 is 3.00 bits per heavy atom. The van der Waals surface area contributed by atoms with Crippen molar-refractivity contribution in [1.29, 1.82) is 0 Å². The number of carbonyl (C=O) groups is 1. The van der Waals surface area contributed by atoms with Gasteiger partial charge in [-0.15, -0.1) is 0 Å². The molecule has 4 nitrogen and oxygen atoms in total. The Balaban J connectivity index is 1.66. The Bertz CT molecular complexity index is 693. The maximum atomic E-state index is 12.4. The molecular weight excluding hydrogens is 344 g/mol. The van der Waals surface area contributed by atoms with Gasteiger partial charge < -0.3 is 10.1 Å². The number of pyridine rings is 1. The summed E-state index contributed by atoms with van der Waals surface area (Å²) in [5.41, 5.74) is 2.32. The molecule has 22 heavy (non-hydrogen) atoms. The number of nitrogens with one attached hydrogen (secondary N) is 1.